The third-order valence-corrected chi connectivity index (χ3v) is 4.33. The van der Waals surface area contributed by atoms with Crippen molar-refractivity contribution in [3.8, 4) is 12.1 Å². The van der Waals surface area contributed by atoms with Gasteiger partial charge in [0.05, 0.1) is 17.7 Å². The first-order chi connectivity index (χ1) is 10.5. The Kier molecular flexibility index (Phi) is 8.16. The van der Waals surface area contributed by atoms with E-state index in [0.29, 0.717) is 17.0 Å². The van der Waals surface area contributed by atoms with Crippen LogP contribution in [-0.4, -0.2) is 5.11 Å². The van der Waals surface area contributed by atoms with Crippen molar-refractivity contribution in [2.24, 2.45) is 0 Å². The van der Waals surface area contributed by atoms with Gasteiger partial charge in [-0.3, -0.25) is 0 Å². The van der Waals surface area contributed by atoms with Crippen molar-refractivity contribution >= 4 is 43.5 Å². The van der Waals surface area contributed by atoms with E-state index < -0.39 is 0 Å². The van der Waals surface area contributed by atoms with Crippen molar-refractivity contribution in [2.45, 2.75) is 12.5 Å². The Hall–Kier alpha value is -1.37. The van der Waals surface area contributed by atoms with Crippen LogP contribution in [0.3, 0.4) is 0 Å². The minimum atomic E-state index is -0.0258. The summed E-state index contributed by atoms with van der Waals surface area (Å²) in [5, 5.41) is 25.9. The fraction of sp³-hybridized carbons (Fsp3) is 0.125. The maximum atomic E-state index is 8.72. The molecule has 6 heteroatoms. The van der Waals surface area contributed by atoms with Gasteiger partial charge in [0, 0.05) is 14.8 Å². The molecule has 0 saturated heterocycles. The highest BCUT2D eigenvalue weighted by Gasteiger charge is 1.99. The summed E-state index contributed by atoms with van der Waals surface area (Å²) >= 11 is 12.1. The molecule has 0 heterocycles. The number of nitriles is 2. The van der Waals surface area contributed by atoms with E-state index in [0.717, 1.165) is 20.1 Å². The molecule has 2 aromatic carbocycles. The van der Waals surface area contributed by atoms with Gasteiger partial charge in [-0.1, -0.05) is 12.1 Å². The molecule has 0 aliphatic rings. The summed E-state index contributed by atoms with van der Waals surface area (Å²) in [5.41, 5.74) is 2.90. The van der Waals surface area contributed by atoms with E-state index >= 15 is 0 Å². The monoisotopic (exact) mass is 440 g/mol. The second kappa shape index (κ2) is 9.61. The van der Waals surface area contributed by atoms with E-state index in [2.05, 4.69) is 37.9 Å². The van der Waals surface area contributed by atoms with Crippen LogP contribution in [-0.2, 0) is 12.5 Å². The number of nitrogens with zero attached hydrogens (tertiary/aromatic N) is 2. The third-order valence-electron chi connectivity index (χ3n) is 2.64. The van der Waals surface area contributed by atoms with Crippen LogP contribution in [0.25, 0.3) is 0 Å². The molecule has 2 aromatic rings. The highest BCUT2D eigenvalue weighted by Crippen LogP contribution is 2.18. The molecule has 0 unspecified atom stereocenters. The first-order valence-corrected chi connectivity index (χ1v) is 8.21. The highest BCUT2D eigenvalue weighted by atomic mass is 79.9. The second-order valence-corrected chi connectivity index (χ2v) is 6.12. The van der Waals surface area contributed by atoms with Crippen molar-refractivity contribution in [3.63, 3.8) is 0 Å². The molecule has 1 N–H and O–H groups in total. The van der Waals surface area contributed by atoms with Gasteiger partial charge in [-0.25, -0.2) is 0 Å². The summed E-state index contributed by atoms with van der Waals surface area (Å²) < 4.78 is 1.58. The van der Waals surface area contributed by atoms with Gasteiger partial charge < -0.3 is 5.11 Å². The zero-order valence-electron chi connectivity index (χ0n) is 11.4. The van der Waals surface area contributed by atoms with E-state index in [1.54, 1.807) is 24.3 Å². The van der Waals surface area contributed by atoms with Crippen molar-refractivity contribution in [3.05, 3.63) is 67.6 Å². The number of alkyl halides is 1. The van der Waals surface area contributed by atoms with E-state index in [4.69, 9.17) is 27.2 Å². The minimum absolute atomic E-state index is 0.0258. The van der Waals surface area contributed by atoms with Crippen LogP contribution in [0, 0.1) is 22.7 Å². The SMILES string of the molecule is N#Cc1cc(CCl)ccc1Br.N#Cc1cc(CO)ccc1Br. The lowest BCUT2D eigenvalue weighted by Crippen LogP contribution is -1.84. The zero-order chi connectivity index (χ0) is 16.5. The number of benzene rings is 2. The van der Waals surface area contributed by atoms with Gasteiger partial charge in [0.2, 0.25) is 0 Å². The number of halogens is 3. The molecule has 0 aliphatic heterocycles. The van der Waals surface area contributed by atoms with E-state index in [9.17, 15) is 0 Å². The normalized spacial score (nSPS) is 9.18. The number of rotatable bonds is 2. The van der Waals surface area contributed by atoms with Crippen molar-refractivity contribution < 1.29 is 5.11 Å². The van der Waals surface area contributed by atoms with Gasteiger partial charge in [-0.15, -0.1) is 11.6 Å². The Morgan fingerprint density at radius 3 is 1.77 bits per heavy atom. The van der Waals surface area contributed by atoms with Crippen LogP contribution in [0.5, 0.6) is 0 Å². The van der Waals surface area contributed by atoms with Gasteiger partial charge in [-0.05, 0) is 67.3 Å². The molecular weight excluding hydrogens is 431 g/mol. The van der Waals surface area contributed by atoms with Gasteiger partial charge in [-0.2, -0.15) is 10.5 Å². The molecule has 112 valence electrons. The van der Waals surface area contributed by atoms with Crippen LogP contribution in [0.4, 0.5) is 0 Å². The van der Waals surface area contributed by atoms with Crippen LogP contribution in [0.1, 0.15) is 22.3 Å². The molecule has 0 aliphatic carbocycles. The lowest BCUT2D eigenvalue weighted by molar-refractivity contribution is 0.282. The predicted octanol–water partition coefficient (Wildman–Crippen LogP) is 4.87. The Morgan fingerprint density at radius 1 is 0.909 bits per heavy atom. The van der Waals surface area contributed by atoms with Crippen LogP contribution >= 0.6 is 43.5 Å². The second-order valence-electron chi connectivity index (χ2n) is 4.14. The quantitative estimate of drug-likeness (QED) is 0.675. The summed E-state index contributed by atoms with van der Waals surface area (Å²) in [7, 11) is 0. The van der Waals surface area contributed by atoms with Crippen molar-refractivity contribution in [2.75, 3.05) is 0 Å². The zero-order valence-corrected chi connectivity index (χ0v) is 15.3. The van der Waals surface area contributed by atoms with E-state index in [1.807, 2.05) is 18.2 Å². The van der Waals surface area contributed by atoms with Gasteiger partial charge in [0.15, 0.2) is 0 Å². The number of hydrogen-bond donors (Lipinski definition) is 1. The minimum Gasteiger partial charge on any atom is -0.392 e. The fourth-order valence-electron chi connectivity index (χ4n) is 1.50. The fourth-order valence-corrected chi connectivity index (χ4v) is 2.33. The Morgan fingerprint density at radius 2 is 1.36 bits per heavy atom. The highest BCUT2D eigenvalue weighted by molar-refractivity contribution is 9.10. The molecule has 0 fully saturated rings. The summed E-state index contributed by atoms with van der Waals surface area (Å²) in [6, 6.07) is 14.7. The van der Waals surface area contributed by atoms with Crippen LogP contribution in [0.2, 0.25) is 0 Å². The van der Waals surface area contributed by atoms with Gasteiger partial charge >= 0.3 is 0 Å². The molecule has 0 atom stereocenters. The molecule has 0 saturated carbocycles. The average Bonchev–Trinajstić information content (AvgIpc) is 2.56. The van der Waals surface area contributed by atoms with Crippen LogP contribution < -0.4 is 0 Å². The summed E-state index contributed by atoms with van der Waals surface area (Å²) in [5.74, 6) is 0.446. The molecular formula is C16H11Br2ClN2O. The van der Waals surface area contributed by atoms with E-state index in [1.165, 1.54) is 0 Å². The smallest absolute Gasteiger partial charge is 0.100 e. The van der Waals surface area contributed by atoms with Gasteiger partial charge in [0.1, 0.15) is 12.1 Å². The average molecular weight is 443 g/mol. The predicted molar refractivity (Wildman–Crippen MR) is 93.2 cm³/mol. The molecule has 2 rings (SSSR count). The standard InChI is InChI=1S/C8H5BrClN.C8H6BrNO/c9-8-2-1-6(4-10)3-7(8)5-11;9-8-2-1-6(5-11)3-7(8)4-10/h1-3H,4H2;1-3,11H,5H2. The molecule has 0 radical (unpaired) electrons. The van der Waals surface area contributed by atoms with Crippen molar-refractivity contribution in [1.82, 2.24) is 0 Å². The number of aliphatic hydroxyl groups is 1. The summed E-state index contributed by atoms with van der Waals surface area (Å²) in [6.07, 6.45) is 0. The number of aliphatic hydroxyl groups excluding tert-OH is 1. The molecule has 3 nitrogen and oxygen atoms in total. The lowest BCUT2D eigenvalue weighted by Gasteiger charge is -1.97. The largest absolute Gasteiger partial charge is 0.392 e. The topological polar surface area (TPSA) is 67.8 Å². The third kappa shape index (κ3) is 5.44. The summed E-state index contributed by atoms with van der Waals surface area (Å²) in [6.45, 7) is -0.0258. The maximum Gasteiger partial charge on any atom is 0.100 e. The first kappa shape index (κ1) is 18.7. The van der Waals surface area contributed by atoms with Gasteiger partial charge in [0.25, 0.3) is 0 Å². The van der Waals surface area contributed by atoms with Crippen molar-refractivity contribution in [1.29, 1.82) is 10.5 Å². The Bertz CT molecular complexity index is 672. The molecule has 0 aromatic heterocycles. The molecule has 22 heavy (non-hydrogen) atoms. The Balaban J connectivity index is 0.000000220. The first-order valence-electron chi connectivity index (χ1n) is 6.09. The molecule has 0 spiro atoms. The maximum absolute atomic E-state index is 8.72. The lowest BCUT2D eigenvalue weighted by atomic mass is 10.1. The Labute approximate surface area is 151 Å². The van der Waals surface area contributed by atoms with E-state index in [-0.39, 0.29) is 6.61 Å². The van der Waals surface area contributed by atoms with Crippen LogP contribution in [0.15, 0.2) is 45.3 Å². The number of hydrogen-bond acceptors (Lipinski definition) is 3. The summed E-state index contributed by atoms with van der Waals surface area (Å²) in [4.78, 5) is 0. The molecule has 0 amide bonds. The molecule has 0 bridgehead atoms.